The normalized spacial score (nSPS) is 41.7. The maximum absolute atomic E-state index is 2.51. The molecule has 1 saturated carbocycles. The van der Waals surface area contributed by atoms with E-state index in [1.807, 2.05) is 0 Å². The molecule has 0 aromatic heterocycles. The van der Waals surface area contributed by atoms with Crippen LogP contribution >= 0.6 is 0 Å². The third-order valence-corrected chi connectivity index (χ3v) is 3.03. The van der Waals surface area contributed by atoms with Gasteiger partial charge < -0.3 is 4.90 Å². The molecular weight excluding hydrogens is 122 g/mol. The highest BCUT2D eigenvalue weighted by Crippen LogP contribution is 2.33. The van der Waals surface area contributed by atoms with Crippen molar-refractivity contribution < 1.29 is 0 Å². The highest BCUT2D eigenvalue weighted by molar-refractivity contribution is 4.81. The molecule has 1 aliphatic carbocycles. The van der Waals surface area contributed by atoms with Crippen molar-refractivity contribution in [2.75, 3.05) is 20.1 Å². The van der Waals surface area contributed by atoms with Crippen molar-refractivity contribution in [2.45, 2.75) is 25.7 Å². The molecule has 0 aromatic rings. The van der Waals surface area contributed by atoms with Crippen LogP contribution in [0.1, 0.15) is 25.7 Å². The lowest BCUT2D eigenvalue weighted by atomic mass is 9.78. The van der Waals surface area contributed by atoms with Crippen LogP contribution in [0.2, 0.25) is 0 Å². The summed E-state index contributed by atoms with van der Waals surface area (Å²) in [6, 6.07) is 0. The fraction of sp³-hybridized carbons (Fsp3) is 1.00. The van der Waals surface area contributed by atoms with E-state index in [9.17, 15) is 0 Å². The summed E-state index contributed by atoms with van der Waals surface area (Å²) in [6.45, 7) is 2.74. The van der Waals surface area contributed by atoms with E-state index in [4.69, 9.17) is 0 Å². The lowest BCUT2D eigenvalue weighted by Crippen LogP contribution is -2.40. The van der Waals surface area contributed by atoms with Gasteiger partial charge in [0.1, 0.15) is 0 Å². The SMILES string of the molecule is CN1CC2CCCC(C2)C1. The number of rotatable bonds is 0. The number of likely N-dealkylation sites (tertiary alicyclic amines) is 1. The Labute approximate surface area is 63.4 Å². The van der Waals surface area contributed by atoms with Crippen molar-refractivity contribution >= 4 is 0 Å². The Kier molecular flexibility index (Phi) is 1.69. The fourth-order valence-corrected chi connectivity index (χ4v) is 2.69. The Morgan fingerprint density at radius 3 is 2.30 bits per heavy atom. The van der Waals surface area contributed by atoms with Crippen LogP contribution in [0, 0.1) is 11.8 Å². The Bertz CT molecular complexity index is 106. The summed E-state index contributed by atoms with van der Waals surface area (Å²) in [5.41, 5.74) is 0. The molecular formula is C9H17N. The molecule has 1 nitrogen and oxygen atoms in total. The first kappa shape index (κ1) is 6.66. The van der Waals surface area contributed by atoms with Gasteiger partial charge in [-0.05, 0) is 38.1 Å². The van der Waals surface area contributed by atoms with E-state index in [1.54, 1.807) is 0 Å². The predicted molar refractivity (Wildman–Crippen MR) is 42.9 cm³/mol. The molecule has 0 aromatic carbocycles. The molecule has 1 saturated heterocycles. The minimum Gasteiger partial charge on any atom is -0.306 e. The average molecular weight is 139 g/mol. The van der Waals surface area contributed by atoms with Crippen molar-refractivity contribution in [3.63, 3.8) is 0 Å². The Morgan fingerprint density at radius 2 is 1.70 bits per heavy atom. The van der Waals surface area contributed by atoms with Crippen LogP contribution in [0.25, 0.3) is 0 Å². The Morgan fingerprint density at radius 1 is 1.10 bits per heavy atom. The molecule has 10 heavy (non-hydrogen) atoms. The van der Waals surface area contributed by atoms with E-state index in [0.717, 1.165) is 11.8 Å². The molecule has 0 amide bonds. The zero-order valence-electron chi connectivity index (χ0n) is 6.84. The van der Waals surface area contributed by atoms with Gasteiger partial charge in [-0.15, -0.1) is 0 Å². The Balaban J connectivity index is 1.98. The summed E-state index contributed by atoms with van der Waals surface area (Å²) >= 11 is 0. The van der Waals surface area contributed by atoms with E-state index in [1.165, 1.54) is 38.8 Å². The van der Waals surface area contributed by atoms with E-state index >= 15 is 0 Å². The monoisotopic (exact) mass is 139 g/mol. The molecule has 2 aliphatic rings. The van der Waals surface area contributed by atoms with Crippen molar-refractivity contribution in [1.29, 1.82) is 0 Å². The molecule has 2 rings (SSSR count). The van der Waals surface area contributed by atoms with Crippen LogP contribution in [0.5, 0.6) is 0 Å². The number of fused-ring (bicyclic) bond motifs is 2. The molecule has 0 spiro atoms. The maximum Gasteiger partial charge on any atom is 0.000683 e. The lowest BCUT2D eigenvalue weighted by Gasteiger charge is -2.39. The van der Waals surface area contributed by atoms with Crippen LogP contribution in [0.15, 0.2) is 0 Å². The largest absolute Gasteiger partial charge is 0.306 e. The van der Waals surface area contributed by atoms with Gasteiger partial charge >= 0.3 is 0 Å². The van der Waals surface area contributed by atoms with Gasteiger partial charge in [-0.3, -0.25) is 0 Å². The molecule has 2 atom stereocenters. The average Bonchev–Trinajstić information content (AvgIpc) is 1.85. The molecule has 2 fully saturated rings. The molecule has 1 aliphatic heterocycles. The number of hydrogen-bond donors (Lipinski definition) is 0. The first-order chi connectivity index (χ1) is 4.84. The van der Waals surface area contributed by atoms with Gasteiger partial charge in [-0.2, -0.15) is 0 Å². The van der Waals surface area contributed by atoms with Gasteiger partial charge in [0.05, 0.1) is 0 Å². The second-order valence-electron chi connectivity index (χ2n) is 4.12. The van der Waals surface area contributed by atoms with Crippen LogP contribution in [0.4, 0.5) is 0 Å². The molecule has 1 heterocycles. The topological polar surface area (TPSA) is 3.24 Å². The standard InChI is InChI=1S/C9H17N/c1-10-6-8-3-2-4-9(5-8)7-10/h8-9H,2-7H2,1H3. The van der Waals surface area contributed by atoms with E-state index in [0.29, 0.717) is 0 Å². The molecule has 2 bridgehead atoms. The molecule has 1 heteroatoms. The summed E-state index contributed by atoms with van der Waals surface area (Å²) in [7, 11) is 2.27. The predicted octanol–water partition coefficient (Wildman–Crippen LogP) is 1.74. The smallest absolute Gasteiger partial charge is 0.000683 e. The highest BCUT2D eigenvalue weighted by atomic mass is 15.1. The van der Waals surface area contributed by atoms with E-state index in [-0.39, 0.29) is 0 Å². The van der Waals surface area contributed by atoms with E-state index in [2.05, 4.69) is 11.9 Å². The Hall–Kier alpha value is -0.0400. The summed E-state index contributed by atoms with van der Waals surface area (Å²) in [4.78, 5) is 2.51. The maximum atomic E-state index is 2.51. The minimum atomic E-state index is 1.05. The molecule has 58 valence electrons. The van der Waals surface area contributed by atoms with Gasteiger partial charge in [0.2, 0.25) is 0 Å². The van der Waals surface area contributed by atoms with E-state index < -0.39 is 0 Å². The first-order valence-corrected chi connectivity index (χ1v) is 4.53. The van der Waals surface area contributed by atoms with Crippen molar-refractivity contribution in [3.8, 4) is 0 Å². The molecule has 2 unspecified atom stereocenters. The van der Waals surface area contributed by atoms with Crippen LogP contribution in [0.3, 0.4) is 0 Å². The van der Waals surface area contributed by atoms with Gasteiger partial charge in [0.15, 0.2) is 0 Å². The molecule has 0 N–H and O–H groups in total. The number of piperidine rings is 1. The zero-order chi connectivity index (χ0) is 6.97. The molecule has 0 radical (unpaired) electrons. The third kappa shape index (κ3) is 1.20. The van der Waals surface area contributed by atoms with Gasteiger partial charge in [-0.1, -0.05) is 6.42 Å². The summed E-state index contributed by atoms with van der Waals surface area (Å²) in [6.07, 6.45) is 6.04. The van der Waals surface area contributed by atoms with Crippen LogP contribution in [-0.4, -0.2) is 25.0 Å². The second kappa shape index (κ2) is 2.54. The third-order valence-electron chi connectivity index (χ3n) is 3.03. The van der Waals surface area contributed by atoms with Gasteiger partial charge in [0, 0.05) is 13.1 Å². The van der Waals surface area contributed by atoms with Gasteiger partial charge in [-0.25, -0.2) is 0 Å². The second-order valence-corrected chi connectivity index (χ2v) is 4.12. The number of nitrogens with zero attached hydrogens (tertiary/aromatic N) is 1. The van der Waals surface area contributed by atoms with Crippen molar-refractivity contribution in [3.05, 3.63) is 0 Å². The van der Waals surface area contributed by atoms with Gasteiger partial charge in [0.25, 0.3) is 0 Å². The zero-order valence-corrected chi connectivity index (χ0v) is 6.84. The summed E-state index contributed by atoms with van der Waals surface area (Å²) in [5, 5.41) is 0. The first-order valence-electron chi connectivity index (χ1n) is 4.53. The van der Waals surface area contributed by atoms with Crippen molar-refractivity contribution in [2.24, 2.45) is 11.8 Å². The lowest BCUT2D eigenvalue weighted by molar-refractivity contribution is 0.107. The van der Waals surface area contributed by atoms with Crippen LogP contribution < -0.4 is 0 Å². The summed E-state index contributed by atoms with van der Waals surface area (Å²) < 4.78 is 0. The summed E-state index contributed by atoms with van der Waals surface area (Å²) in [5.74, 6) is 2.11. The minimum absolute atomic E-state index is 1.05. The fourth-order valence-electron chi connectivity index (χ4n) is 2.69. The highest BCUT2D eigenvalue weighted by Gasteiger charge is 2.28. The quantitative estimate of drug-likeness (QED) is 0.494. The van der Waals surface area contributed by atoms with Crippen LogP contribution in [-0.2, 0) is 0 Å². The number of hydrogen-bond acceptors (Lipinski definition) is 1. The van der Waals surface area contributed by atoms with Crippen molar-refractivity contribution in [1.82, 2.24) is 4.90 Å².